The highest BCUT2D eigenvalue weighted by Gasteiger charge is 2.22. The van der Waals surface area contributed by atoms with E-state index in [1.165, 1.54) is 0 Å². The molecule has 9 heavy (non-hydrogen) atoms. The summed E-state index contributed by atoms with van der Waals surface area (Å²) in [5.41, 5.74) is 0. The Labute approximate surface area is 58.9 Å². The van der Waals surface area contributed by atoms with Crippen LogP contribution < -0.4 is 0 Å². The van der Waals surface area contributed by atoms with Crippen molar-refractivity contribution in [3.63, 3.8) is 0 Å². The average Bonchev–Trinajstić information content (AvgIpc) is 1.64. The van der Waals surface area contributed by atoms with Gasteiger partial charge in [-0.05, 0) is 25.5 Å². The lowest BCUT2D eigenvalue weighted by Crippen LogP contribution is -2.12. The fourth-order valence-corrected chi connectivity index (χ4v) is 0.900. The largest absolute Gasteiger partial charge is 0.307 e. The summed E-state index contributed by atoms with van der Waals surface area (Å²) < 4.78 is 4.40. The molecule has 0 aliphatic rings. The van der Waals surface area contributed by atoms with E-state index in [2.05, 4.69) is 38.8 Å². The normalized spacial score (nSPS) is 13.6. The topological polar surface area (TPSA) is 12.4 Å². The second kappa shape index (κ2) is 2.46. The molecule has 0 aliphatic carbocycles. The molecule has 0 N–H and O–H groups in total. The first-order valence-corrected chi connectivity index (χ1v) is 5.90. The summed E-state index contributed by atoms with van der Waals surface area (Å²) in [6.45, 7) is 11.3. The van der Waals surface area contributed by atoms with Gasteiger partial charge in [-0.3, -0.25) is 0 Å². The van der Waals surface area contributed by atoms with E-state index in [-0.39, 0.29) is 0 Å². The lowest BCUT2D eigenvalue weighted by atomic mass is 10.3. The van der Waals surface area contributed by atoms with E-state index in [0.717, 1.165) is 0 Å². The summed E-state index contributed by atoms with van der Waals surface area (Å²) in [6, 6.07) is 0. The summed E-state index contributed by atoms with van der Waals surface area (Å²) in [5, 5.41) is 0.391. The minimum absolute atomic E-state index is 0.391. The van der Waals surface area contributed by atoms with E-state index >= 15 is 0 Å². The standard InChI is InChI=1S/C7H18NP/c1-7(2,3)9(5,6)8-4/h1-6H3. The van der Waals surface area contributed by atoms with Gasteiger partial charge in [0.05, 0.1) is 0 Å². The van der Waals surface area contributed by atoms with Gasteiger partial charge in [0.1, 0.15) is 0 Å². The molecule has 0 radical (unpaired) electrons. The van der Waals surface area contributed by atoms with Crippen molar-refractivity contribution >= 4 is 7.05 Å². The first-order valence-electron chi connectivity index (χ1n) is 3.27. The zero-order valence-electron chi connectivity index (χ0n) is 7.39. The molecule has 56 valence electrons. The molecule has 0 atom stereocenters. The average molecular weight is 147 g/mol. The molecule has 0 aromatic carbocycles. The van der Waals surface area contributed by atoms with Crippen molar-refractivity contribution in [3.8, 4) is 0 Å². The van der Waals surface area contributed by atoms with Crippen LogP contribution in [0.25, 0.3) is 0 Å². The van der Waals surface area contributed by atoms with Crippen molar-refractivity contribution in [2.24, 2.45) is 4.74 Å². The molecule has 2 heteroatoms. The second-order valence-electron chi connectivity index (χ2n) is 3.77. The number of hydrogen-bond donors (Lipinski definition) is 0. The van der Waals surface area contributed by atoms with Crippen molar-refractivity contribution in [1.82, 2.24) is 0 Å². The van der Waals surface area contributed by atoms with Crippen molar-refractivity contribution in [2.45, 2.75) is 25.9 Å². The fourth-order valence-electron chi connectivity index (χ4n) is 0.300. The highest BCUT2D eigenvalue weighted by molar-refractivity contribution is 7.66. The molecule has 0 spiro atoms. The van der Waals surface area contributed by atoms with Crippen LogP contribution in [0.3, 0.4) is 0 Å². The predicted octanol–water partition coefficient (Wildman–Crippen LogP) is 2.88. The Kier molecular flexibility index (Phi) is 2.52. The molecular weight excluding hydrogens is 129 g/mol. The molecule has 0 fully saturated rings. The predicted molar refractivity (Wildman–Crippen MR) is 46.9 cm³/mol. The maximum Gasteiger partial charge on any atom is 0.0262 e. The third-order valence-electron chi connectivity index (χ3n) is 2.14. The smallest absolute Gasteiger partial charge is 0.0262 e. The quantitative estimate of drug-likeness (QED) is 0.467. The van der Waals surface area contributed by atoms with E-state index < -0.39 is 7.05 Å². The van der Waals surface area contributed by atoms with Gasteiger partial charge in [-0.2, -0.15) is 0 Å². The molecule has 0 heterocycles. The first kappa shape index (κ1) is 9.23. The van der Waals surface area contributed by atoms with Gasteiger partial charge in [-0.15, -0.1) is 0 Å². The summed E-state index contributed by atoms with van der Waals surface area (Å²) in [7, 11) is 0.947. The van der Waals surface area contributed by atoms with Crippen molar-refractivity contribution in [2.75, 3.05) is 20.4 Å². The van der Waals surface area contributed by atoms with Crippen LogP contribution in [-0.2, 0) is 0 Å². The van der Waals surface area contributed by atoms with Crippen molar-refractivity contribution in [1.29, 1.82) is 0 Å². The molecule has 0 aliphatic heterocycles. The van der Waals surface area contributed by atoms with Gasteiger partial charge in [0.15, 0.2) is 0 Å². The van der Waals surface area contributed by atoms with Gasteiger partial charge in [-0.25, -0.2) is 0 Å². The third-order valence-corrected chi connectivity index (χ3v) is 6.42. The van der Waals surface area contributed by atoms with Crippen LogP contribution in [0.15, 0.2) is 4.74 Å². The van der Waals surface area contributed by atoms with Crippen LogP contribution in [0.2, 0.25) is 0 Å². The number of hydrogen-bond acceptors (Lipinski definition) is 1. The van der Waals surface area contributed by atoms with Crippen LogP contribution in [0, 0.1) is 0 Å². The highest BCUT2D eigenvalue weighted by Crippen LogP contribution is 2.53. The third kappa shape index (κ3) is 2.14. The summed E-state index contributed by atoms with van der Waals surface area (Å²) >= 11 is 0. The van der Waals surface area contributed by atoms with Gasteiger partial charge >= 0.3 is 0 Å². The van der Waals surface area contributed by atoms with E-state index in [4.69, 9.17) is 0 Å². The van der Waals surface area contributed by atoms with Crippen LogP contribution in [0.5, 0.6) is 0 Å². The molecular formula is C7H18NP. The monoisotopic (exact) mass is 147 g/mol. The van der Waals surface area contributed by atoms with Gasteiger partial charge in [0.2, 0.25) is 0 Å². The van der Waals surface area contributed by atoms with Gasteiger partial charge in [-0.1, -0.05) is 20.8 Å². The van der Waals surface area contributed by atoms with Gasteiger partial charge in [0.25, 0.3) is 0 Å². The molecule has 1 nitrogen and oxygen atoms in total. The number of rotatable bonds is 0. The fraction of sp³-hybridized carbons (Fsp3) is 1.00. The van der Waals surface area contributed by atoms with Crippen LogP contribution in [0.1, 0.15) is 20.8 Å². The Morgan fingerprint density at radius 3 is 1.44 bits per heavy atom. The van der Waals surface area contributed by atoms with E-state index in [1.54, 1.807) is 0 Å². The molecule has 0 amide bonds. The minimum Gasteiger partial charge on any atom is -0.307 e. The Balaban J connectivity index is 4.56. The molecule has 0 saturated heterocycles. The summed E-state index contributed by atoms with van der Waals surface area (Å²) in [4.78, 5) is 0. The lowest BCUT2D eigenvalue weighted by Gasteiger charge is -2.29. The SMILES string of the molecule is CN=P(C)(C)C(C)(C)C. The maximum absolute atomic E-state index is 4.40. The molecule has 0 saturated carbocycles. The Morgan fingerprint density at radius 1 is 1.11 bits per heavy atom. The molecule has 0 aromatic heterocycles. The number of nitrogens with zero attached hydrogens (tertiary/aromatic N) is 1. The van der Waals surface area contributed by atoms with Crippen LogP contribution in [-0.4, -0.2) is 25.5 Å². The zero-order chi connectivity index (χ0) is 7.71. The van der Waals surface area contributed by atoms with Gasteiger partial charge in [0, 0.05) is 7.05 Å². The summed E-state index contributed by atoms with van der Waals surface area (Å²) in [5.74, 6) is 0. The van der Waals surface area contributed by atoms with Crippen LogP contribution in [0.4, 0.5) is 0 Å². The Bertz CT molecular complexity index is 135. The first-order chi connectivity index (χ1) is 3.81. The van der Waals surface area contributed by atoms with E-state index in [0.29, 0.717) is 5.16 Å². The highest BCUT2D eigenvalue weighted by atomic mass is 31.2. The van der Waals surface area contributed by atoms with Crippen molar-refractivity contribution < 1.29 is 0 Å². The Hall–Kier alpha value is 0.230. The van der Waals surface area contributed by atoms with E-state index in [1.807, 2.05) is 7.05 Å². The molecule has 0 aromatic rings. The zero-order valence-corrected chi connectivity index (χ0v) is 8.29. The lowest BCUT2D eigenvalue weighted by molar-refractivity contribution is 0.780. The van der Waals surface area contributed by atoms with Crippen molar-refractivity contribution in [3.05, 3.63) is 0 Å². The maximum atomic E-state index is 4.40. The van der Waals surface area contributed by atoms with Crippen LogP contribution >= 0.6 is 7.05 Å². The second-order valence-corrected chi connectivity index (χ2v) is 8.30. The molecule has 0 rings (SSSR count). The minimum atomic E-state index is -0.982. The Morgan fingerprint density at radius 2 is 1.44 bits per heavy atom. The molecule has 0 bridgehead atoms. The summed E-state index contributed by atoms with van der Waals surface area (Å²) in [6.07, 6.45) is 0. The van der Waals surface area contributed by atoms with E-state index in [9.17, 15) is 0 Å². The molecule has 0 unspecified atom stereocenters. The van der Waals surface area contributed by atoms with Gasteiger partial charge < -0.3 is 4.74 Å².